The molecule has 1 aromatic heterocycles. The molecule has 0 aromatic carbocycles. The van der Waals surface area contributed by atoms with E-state index < -0.39 is 30.3 Å². The Balaban J connectivity index is 2.29. The monoisotopic (exact) mass is 339 g/mol. The molecule has 0 radical (unpaired) electrons. The predicted octanol–water partition coefficient (Wildman–Crippen LogP) is -0.952. The van der Waals surface area contributed by atoms with E-state index in [1.165, 1.54) is 6.08 Å². The van der Waals surface area contributed by atoms with Crippen molar-refractivity contribution in [3.05, 3.63) is 28.6 Å². The second-order valence-electron chi connectivity index (χ2n) is 4.41. The Hall–Kier alpha value is -2.13. The summed E-state index contributed by atoms with van der Waals surface area (Å²) in [5.41, 5.74) is 0. The van der Waals surface area contributed by atoms with Crippen molar-refractivity contribution < 1.29 is 29.0 Å². The number of thiocarbonyl (C=S) groups is 1. The maximum Gasteiger partial charge on any atom is 0.266 e. The highest BCUT2D eigenvalue weighted by atomic mass is 32.2. The minimum Gasteiger partial charge on any atom is -0.550 e. The van der Waals surface area contributed by atoms with Crippen molar-refractivity contribution in [2.75, 3.05) is 0 Å². The molecule has 1 aliphatic heterocycles. The van der Waals surface area contributed by atoms with Gasteiger partial charge in [-0.2, -0.15) is 0 Å². The van der Waals surface area contributed by atoms with Crippen LogP contribution in [0.4, 0.5) is 0 Å². The van der Waals surface area contributed by atoms with Gasteiger partial charge in [-0.3, -0.25) is 9.69 Å². The second kappa shape index (κ2) is 6.32. The lowest BCUT2D eigenvalue weighted by atomic mass is 10.2. The molecule has 2 rings (SSSR count). The van der Waals surface area contributed by atoms with Gasteiger partial charge >= 0.3 is 0 Å². The van der Waals surface area contributed by atoms with Gasteiger partial charge in [-0.05, 0) is 19.1 Å². The van der Waals surface area contributed by atoms with Crippen molar-refractivity contribution in [3.63, 3.8) is 0 Å². The fourth-order valence-corrected chi connectivity index (χ4v) is 3.18. The number of carboxylic acid groups (broad SMARTS) is 2. The smallest absolute Gasteiger partial charge is 0.266 e. The Morgan fingerprint density at radius 2 is 2.14 bits per heavy atom. The van der Waals surface area contributed by atoms with Crippen LogP contribution in [0.5, 0.6) is 0 Å². The van der Waals surface area contributed by atoms with Gasteiger partial charge in [0.15, 0.2) is 0 Å². The van der Waals surface area contributed by atoms with E-state index in [0.29, 0.717) is 16.4 Å². The minimum absolute atomic E-state index is 0.0602. The van der Waals surface area contributed by atoms with Crippen molar-refractivity contribution in [1.29, 1.82) is 0 Å². The molecule has 7 nitrogen and oxygen atoms in total. The molecule has 0 saturated carbocycles. The van der Waals surface area contributed by atoms with Gasteiger partial charge in [0.05, 0.1) is 16.9 Å². The number of carbonyl (C=O) groups is 3. The molecule has 0 bridgehead atoms. The van der Waals surface area contributed by atoms with Crippen LogP contribution in [0.1, 0.15) is 17.9 Å². The third-order valence-electron chi connectivity index (χ3n) is 2.80. The second-order valence-corrected chi connectivity index (χ2v) is 6.09. The Bertz CT molecular complexity index is 692. The molecule has 116 valence electrons. The van der Waals surface area contributed by atoms with E-state index in [1.54, 1.807) is 19.1 Å². The predicted molar refractivity (Wildman–Crippen MR) is 76.9 cm³/mol. The Labute approximate surface area is 134 Å². The van der Waals surface area contributed by atoms with Crippen LogP contribution in [0.15, 0.2) is 21.5 Å². The van der Waals surface area contributed by atoms with Crippen molar-refractivity contribution >= 4 is 52.2 Å². The SMILES string of the molecule is Cc1ccc(/C=C2/SC(=S)N([C@@H](CC(=O)[O-])C(=O)[O-])C2=O)o1. The zero-order chi connectivity index (χ0) is 16.4. The third-order valence-corrected chi connectivity index (χ3v) is 4.13. The lowest BCUT2D eigenvalue weighted by Gasteiger charge is -2.27. The molecule has 1 amide bonds. The van der Waals surface area contributed by atoms with Crippen LogP contribution in [-0.4, -0.2) is 33.1 Å². The fourth-order valence-electron chi connectivity index (χ4n) is 1.85. The number of carbonyl (C=O) groups excluding carboxylic acids is 3. The fraction of sp³-hybridized carbons (Fsp3) is 0.231. The van der Waals surface area contributed by atoms with Crippen molar-refractivity contribution in [2.45, 2.75) is 19.4 Å². The van der Waals surface area contributed by atoms with Gasteiger partial charge in [0, 0.05) is 18.5 Å². The Morgan fingerprint density at radius 3 is 2.64 bits per heavy atom. The highest BCUT2D eigenvalue weighted by molar-refractivity contribution is 8.26. The summed E-state index contributed by atoms with van der Waals surface area (Å²) in [6.45, 7) is 1.73. The average Bonchev–Trinajstić information content (AvgIpc) is 2.92. The first-order valence-corrected chi connectivity index (χ1v) is 7.26. The summed E-state index contributed by atoms with van der Waals surface area (Å²) in [5, 5.41) is 21.7. The summed E-state index contributed by atoms with van der Waals surface area (Å²) in [7, 11) is 0. The highest BCUT2D eigenvalue weighted by Gasteiger charge is 2.38. The molecular formula is C13H9NO6S2-2. The molecule has 1 saturated heterocycles. The number of aliphatic carboxylic acids is 2. The number of hydrogen-bond donors (Lipinski definition) is 0. The molecular weight excluding hydrogens is 330 g/mol. The van der Waals surface area contributed by atoms with E-state index in [4.69, 9.17) is 16.6 Å². The maximum absolute atomic E-state index is 12.3. The zero-order valence-corrected chi connectivity index (χ0v) is 12.9. The Kier molecular flexibility index (Phi) is 4.67. The van der Waals surface area contributed by atoms with Crippen LogP contribution in [0.3, 0.4) is 0 Å². The first-order chi connectivity index (χ1) is 10.3. The summed E-state index contributed by atoms with van der Waals surface area (Å²) in [4.78, 5) is 34.8. The molecule has 1 atom stereocenters. The maximum atomic E-state index is 12.3. The number of carboxylic acids is 2. The quantitative estimate of drug-likeness (QED) is 0.498. The number of amides is 1. The van der Waals surface area contributed by atoms with Gasteiger partial charge in [0.2, 0.25) is 0 Å². The van der Waals surface area contributed by atoms with E-state index in [9.17, 15) is 24.6 Å². The number of nitrogens with zero attached hydrogens (tertiary/aromatic N) is 1. The van der Waals surface area contributed by atoms with Crippen LogP contribution in [-0.2, 0) is 14.4 Å². The van der Waals surface area contributed by atoms with Crippen LogP contribution >= 0.6 is 24.0 Å². The van der Waals surface area contributed by atoms with E-state index in [0.717, 1.165) is 11.8 Å². The summed E-state index contributed by atoms with van der Waals surface area (Å²) >= 11 is 5.82. The number of aryl methyl sites for hydroxylation is 1. The first-order valence-electron chi connectivity index (χ1n) is 6.04. The third kappa shape index (κ3) is 3.37. The first kappa shape index (κ1) is 16.2. The highest BCUT2D eigenvalue weighted by Crippen LogP contribution is 2.34. The average molecular weight is 339 g/mol. The van der Waals surface area contributed by atoms with Gasteiger partial charge in [-0.1, -0.05) is 24.0 Å². The zero-order valence-electron chi connectivity index (χ0n) is 11.2. The summed E-state index contributed by atoms with van der Waals surface area (Å²) < 4.78 is 5.24. The Morgan fingerprint density at radius 1 is 1.45 bits per heavy atom. The van der Waals surface area contributed by atoms with Gasteiger partial charge in [0.25, 0.3) is 5.91 Å². The molecule has 1 aromatic rings. The molecule has 1 aliphatic rings. The summed E-state index contributed by atoms with van der Waals surface area (Å²) in [5.74, 6) is -2.99. The van der Waals surface area contributed by atoms with Gasteiger partial charge in [-0.15, -0.1) is 0 Å². The van der Waals surface area contributed by atoms with Gasteiger partial charge < -0.3 is 24.2 Å². The molecule has 0 aliphatic carbocycles. The number of rotatable bonds is 5. The lowest BCUT2D eigenvalue weighted by Crippen LogP contribution is -2.52. The van der Waals surface area contributed by atoms with Crippen LogP contribution < -0.4 is 10.2 Å². The number of thioether (sulfide) groups is 1. The minimum atomic E-state index is -1.71. The molecule has 22 heavy (non-hydrogen) atoms. The molecule has 2 heterocycles. The molecule has 0 N–H and O–H groups in total. The largest absolute Gasteiger partial charge is 0.550 e. The molecule has 1 fully saturated rings. The molecule has 0 unspecified atom stereocenters. The van der Waals surface area contributed by atoms with Gasteiger partial charge in [0.1, 0.15) is 15.8 Å². The van der Waals surface area contributed by atoms with E-state index in [2.05, 4.69) is 0 Å². The molecule has 0 spiro atoms. The standard InChI is InChI=1S/C13H11NO6S2/c1-6-2-3-7(20-6)4-9-11(17)14(13(21)22-9)8(12(18)19)5-10(15)16/h2-4,8H,5H2,1H3,(H,15,16)(H,18,19)/p-2/b9-4+/t8-/m0/s1. The lowest BCUT2D eigenvalue weighted by molar-refractivity contribution is -0.319. The van der Waals surface area contributed by atoms with Crippen molar-refractivity contribution in [1.82, 2.24) is 4.90 Å². The summed E-state index contributed by atoms with van der Waals surface area (Å²) in [6.07, 6.45) is 0.513. The topological polar surface area (TPSA) is 114 Å². The number of hydrogen-bond acceptors (Lipinski definition) is 8. The van der Waals surface area contributed by atoms with E-state index in [-0.39, 0.29) is 9.23 Å². The normalized spacial score (nSPS) is 18.0. The molecule has 9 heteroatoms. The van der Waals surface area contributed by atoms with Gasteiger partial charge in [-0.25, -0.2) is 0 Å². The van der Waals surface area contributed by atoms with Crippen LogP contribution in [0.25, 0.3) is 6.08 Å². The van der Waals surface area contributed by atoms with Crippen LogP contribution in [0, 0.1) is 6.92 Å². The van der Waals surface area contributed by atoms with E-state index >= 15 is 0 Å². The van der Waals surface area contributed by atoms with Crippen LogP contribution in [0.2, 0.25) is 0 Å². The van der Waals surface area contributed by atoms with Crippen molar-refractivity contribution in [3.8, 4) is 0 Å². The van der Waals surface area contributed by atoms with Crippen molar-refractivity contribution in [2.24, 2.45) is 0 Å². The summed E-state index contributed by atoms with van der Waals surface area (Å²) in [6, 6.07) is 1.63. The number of furan rings is 1. The van der Waals surface area contributed by atoms with E-state index in [1.807, 2.05) is 0 Å².